The number of amides is 1. The molecule has 168 valence electrons. The number of fused-ring (bicyclic) bond motifs is 1. The highest BCUT2D eigenvalue weighted by Gasteiger charge is 2.31. The van der Waals surface area contributed by atoms with Gasteiger partial charge in [-0.15, -0.1) is 0 Å². The van der Waals surface area contributed by atoms with Crippen molar-refractivity contribution in [1.82, 2.24) is 24.6 Å². The summed E-state index contributed by atoms with van der Waals surface area (Å²) in [6, 6.07) is 4.43. The van der Waals surface area contributed by atoms with Crippen LogP contribution in [-0.4, -0.2) is 69.4 Å². The number of carbonyl (C=O) groups excluding carboxylic acids is 1. The summed E-state index contributed by atoms with van der Waals surface area (Å²) in [7, 11) is 1.73. The number of nitrogens with two attached hydrogens (primary N) is 1. The zero-order valence-electron chi connectivity index (χ0n) is 17.6. The van der Waals surface area contributed by atoms with E-state index in [-0.39, 0.29) is 17.0 Å². The molecule has 0 bridgehead atoms. The molecule has 11 heteroatoms. The highest BCUT2D eigenvalue weighted by Crippen LogP contribution is 2.33. The van der Waals surface area contributed by atoms with E-state index < -0.39 is 5.82 Å². The molecule has 0 unspecified atom stereocenters. The molecule has 1 atom stereocenters. The van der Waals surface area contributed by atoms with Gasteiger partial charge in [0.1, 0.15) is 17.7 Å². The van der Waals surface area contributed by atoms with Crippen molar-refractivity contribution in [1.29, 1.82) is 0 Å². The van der Waals surface area contributed by atoms with Crippen LogP contribution in [0.2, 0.25) is 5.02 Å². The molecular weight excluding hydrogens is 437 g/mol. The Morgan fingerprint density at radius 3 is 2.72 bits per heavy atom. The third-order valence-electron chi connectivity index (χ3n) is 6.00. The van der Waals surface area contributed by atoms with Crippen molar-refractivity contribution >= 4 is 40.3 Å². The van der Waals surface area contributed by atoms with Gasteiger partial charge in [0, 0.05) is 45.4 Å². The lowest BCUT2D eigenvalue weighted by molar-refractivity contribution is -0.141. The van der Waals surface area contributed by atoms with Gasteiger partial charge in [0.25, 0.3) is 5.91 Å². The minimum absolute atomic E-state index is 0.000433. The summed E-state index contributed by atoms with van der Waals surface area (Å²) < 4.78 is 20.8. The lowest BCUT2D eigenvalue weighted by Gasteiger charge is -2.35. The van der Waals surface area contributed by atoms with Crippen molar-refractivity contribution < 1.29 is 13.9 Å². The number of hydrogen-bond donors (Lipinski definition) is 1. The van der Waals surface area contributed by atoms with E-state index in [4.69, 9.17) is 27.1 Å². The first-order valence-electron chi connectivity index (χ1n) is 10.5. The van der Waals surface area contributed by atoms with Crippen LogP contribution >= 0.6 is 11.6 Å². The Kier molecular flexibility index (Phi) is 5.34. The van der Waals surface area contributed by atoms with E-state index in [2.05, 4.69) is 10.1 Å². The first-order chi connectivity index (χ1) is 15.4. The maximum absolute atomic E-state index is 13.7. The Labute approximate surface area is 188 Å². The fourth-order valence-electron chi connectivity index (χ4n) is 4.20. The van der Waals surface area contributed by atoms with Crippen molar-refractivity contribution in [3.8, 4) is 11.3 Å². The van der Waals surface area contributed by atoms with Crippen LogP contribution in [-0.2, 0) is 16.6 Å². The standard InChI is InChI=1S/C21H23ClFN7O2/c1-28-18(24)16-17(12-4-5-14(23)13(22)11-12)25-21(26-19(16)27-28)30-8-6-29(7-9-30)20(31)15-3-2-10-32-15/h4-5,11,15H,2-3,6-10,24H2,1H3/t15-/m1/s1. The van der Waals surface area contributed by atoms with Crippen molar-refractivity contribution in [2.45, 2.75) is 18.9 Å². The second-order valence-corrected chi connectivity index (χ2v) is 8.43. The van der Waals surface area contributed by atoms with Crippen LogP contribution in [0.1, 0.15) is 12.8 Å². The topological polar surface area (TPSA) is 102 Å². The summed E-state index contributed by atoms with van der Waals surface area (Å²) in [5, 5.41) is 5.00. The SMILES string of the molecule is Cn1nc2nc(N3CCN(C(=O)[C@H]4CCCO4)CC3)nc(-c3ccc(F)c(Cl)c3)c2c1N. The number of nitrogen functional groups attached to an aromatic ring is 1. The molecule has 3 aromatic rings. The number of hydrogen-bond acceptors (Lipinski definition) is 7. The summed E-state index contributed by atoms with van der Waals surface area (Å²) in [5.41, 5.74) is 7.83. The van der Waals surface area contributed by atoms with E-state index >= 15 is 0 Å². The van der Waals surface area contributed by atoms with Gasteiger partial charge in [-0.05, 0) is 31.0 Å². The quantitative estimate of drug-likeness (QED) is 0.640. The molecule has 0 aliphatic carbocycles. The normalized spacial score (nSPS) is 19.2. The molecule has 1 aromatic carbocycles. The average Bonchev–Trinajstić information content (AvgIpc) is 3.43. The minimum Gasteiger partial charge on any atom is -0.383 e. The lowest BCUT2D eigenvalue weighted by atomic mass is 10.1. The van der Waals surface area contributed by atoms with E-state index in [1.54, 1.807) is 13.1 Å². The Morgan fingerprint density at radius 2 is 2.03 bits per heavy atom. The zero-order valence-corrected chi connectivity index (χ0v) is 18.3. The van der Waals surface area contributed by atoms with Gasteiger partial charge in [0.2, 0.25) is 5.95 Å². The lowest BCUT2D eigenvalue weighted by Crippen LogP contribution is -2.51. The maximum Gasteiger partial charge on any atom is 0.251 e. The van der Waals surface area contributed by atoms with Crippen molar-refractivity contribution in [3.63, 3.8) is 0 Å². The molecule has 5 rings (SSSR count). The molecule has 4 heterocycles. The van der Waals surface area contributed by atoms with Crippen LogP contribution in [0.25, 0.3) is 22.3 Å². The van der Waals surface area contributed by atoms with Crippen LogP contribution < -0.4 is 10.6 Å². The van der Waals surface area contributed by atoms with Gasteiger partial charge in [0.15, 0.2) is 5.65 Å². The predicted octanol–water partition coefficient (Wildman–Crippen LogP) is 2.23. The van der Waals surface area contributed by atoms with Crippen molar-refractivity contribution in [2.24, 2.45) is 7.05 Å². The number of nitrogens with zero attached hydrogens (tertiary/aromatic N) is 6. The molecule has 9 nitrogen and oxygen atoms in total. The van der Waals surface area contributed by atoms with E-state index in [1.165, 1.54) is 16.8 Å². The second-order valence-electron chi connectivity index (χ2n) is 8.02. The molecule has 2 aromatic heterocycles. The van der Waals surface area contributed by atoms with E-state index in [0.29, 0.717) is 66.8 Å². The highest BCUT2D eigenvalue weighted by atomic mass is 35.5. The molecule has 1 amide bonds. The fourth-order valence-corrected chi connectivity index (χ4v) is 4.38. The van der Waals surface area contributed by atoms with Gasteiger partial charge in [-0.3, -0.25) is 9.48 Å². The van der Waals surface area contributed by atoms with Gasteiger partial charge in [-0.2, -0.15) is 10.1 Å². The largest absolute Gasteiger partial charge is 0.383 e. The number of aryl methyl sites for hydroxylation is 1. The molecule has 2 aliphatic heterocycles. The van der Waals surface area contributed by atoms with Crippen LogP contribution in [0.5, 0.6) is 0 Å². The molecule has 2 N–H and O–H groups in total. The van der Waals surface area contributed by atoms with Crippen LogP contribution in [0.4, 0.5) is 16.2 Å². The van der Waals surface area contributed by atoms with Crippen LogP contribution in [0.15, 0.2) is 18.2 Å². The number of ether oxygens (including phenoxy) is 1. The van der Waals surface area contributed by atoms with Crippen molar-refractivity contribution in [2.75, 3.05) is 43.4 Å². The molecular formula is C21H23ClFN7O2. The van der Waals surface area contributed by atoms with Gasteiger partial charge in [-0.25, -0.2) is 9.37 Å². The molecule has 0 spiro atoms. The average molecular weight is 460 g/mol. The number of carbonyl (C=O) groups is 1. The number of anilines is 2. The predicted molar refractivity (Wildman–Crippen MR) is 119 cm³/mol. The van der Waals surface area contributed by atoms with Crippen LogP contribution in [0.3, 0.4) is 0 Å². The van der Waals surface area contributed by atoms with Gasteiger partial charge in [0.05, 0.1) is 16.1 Å². The highest BCUT2D eigenvalue weighted by molar-refractivity contribution is 6.31. The summed E-state index contributed by atoms with van der Waals surface area (Å²) in [4.78, 5) is 25.9. The molecule has 0 radical (unpaired) electrons. The zero-order chi connectivity index (χ0) is 22.4. The Morgan fingerprint density at radius 1 is 1.25 bits per heavy atom. The molecule has 2 aliphatic rings. The smallest absolute Gasteiger partial charge is 0.251 e. The van der Waals surface area contributed by atoms with Gasteiger partial charge in [-0.1, -0.05) is 11.6 Å². The minimum atomic E-state index is -0.507. The Hall–Kier alpha value is -2.98. The maximum atomic E-state index is 13.7. The first-order valence-corrected chi connectivity index (χ1v) is 10.9. The number of halogens is 2. The third kappa shape index (κ3) is 3.63. The summed E-state index contributed by atoms with van der Waals surface area (Å²) in [5.74, 6) is 0.439. The van der Waals surface area contributed by atoms with Gasteiger partial charge < -0.3 is 20.3 Å². The fraction of sp³-hybridized carbons (Fsp3) is 0.429. The molecule has 32 heavy (non-hydrogen) atoms. The second kappa shape index (κ2) is 8.18. The summed E-state index contributed by atoms with van der Waals surface area (Å²) in [6.07, 6.45) is 1.39. The summed E-state index contributed by atoms with van der Waals surface area (Å²) >= 11 is 6.02. The Bertz CT molecular complexity index is 1190. The van der Waals surface area contributed by atoms with E-state index in [0.717, 1.165) is 12.8 Å². The van der Waals surface area contributed by atoms with E-state index in [9.17, 15) is 9.18 Å². The molecule has 2 fully saturated rings. The number of piperazine rings is 1. The van der Waals surface area contributed by atoms with Gasteiger partial charge >= 0.3 is 0 Å². The van der Waals surface area contributed by atoms with Crippen LogP contribution in [0, 0.1) is 5.82 Å². The van der Waals surface area contributed by atoms with E-state index in [1.807, 2.05) is 9.80 Å². The van der Waals surface area contributed by atoms with Crippen molar-refractivity contribution in [3.05, 3.63) is 29.0 Å². The number of aromatic nitrogens is 4. The summed E-state index contributed by atoms with van der Waals surface area (Å²) in [6.45, 7) is 2.92. The third-order valence-corrected chi connectivity index (χ3v) is 6.29. The first kappa shape index (κ1) is 20.9. The number of benzene rings is 1. The molecule has 0 saturated carbocycles. The Balaban J connectivity index is 1.46. The molecule has 2 saturated heterocycles. The monoisotopic (exact) mass is 459 g/mol. The number of rotatable bonds is 3.